The van der Waals surface area contributed by atoms with Gasteiger partial charge in [0.05, 0.1) is 18.0 Å². The maximum absolute atomic E-state index is 13.5. The summed E-state index contributed by atoms with van der Waals surface area (Å²) in [6.07, 6.45) is 4.48. The molecule has 0 fully saturated rings. The summed E-state index contributed by atoms with van der Waals surface area (Å²) >= 11 is 0. The number of carbonyl (C=O) groups is 1. The minimum atomic E-state index is -1.46. The lowest BCUT2D eigenvalue weighted by atomic mass is 9.78. The van der Waals surface area contributed by atoms with E-state index in [1.807, 2.05) is 6.07 Å². The summed E-state index contributed by atoms with van der Waals surface area (Å²) in [4.78, 5) is 19.6. The number of carbonyl (C=O) groups excluding carboxylic acids is 1. The summed E-state index contributed by atoms with van der Waals surface area (Å²) in [6, 6.07) is 6.59. The zero-order chi connectivity index (χ0) is 19.0. The molecule has 3 heterocycles. The lowest BCUT2D eigenvalue weighted by Crippen LogP contribution is -2.44. The van der Waals surface area contributed by atoms with E-state index in [4.69, 9.17) is 9.47 Å². The van der Waals surface area contributed by atoms with Gasteiger partial charge in [-0.2, -0.15) is 0 Å². The number of benzene rings is 1. The van der Waals surface area contributed by atoms with Crippen molar-refractivity contribution in [2.45, 2.75) is 31.6 Å². The molecule has 7 nitrogen and oxygen atoms in total. The number of unbranched alkanes of at least 4 members (excludes halogenated alkanes) is 2. The first-order valence-corrected chi connectivity index (χ1v) is 9.15. The van der Waals surface area contributed by atoms with E-state index in [2.05, 4.69) is 11.9 Å². The van der Waals surface area contributed by atoms with Crippen LogP contribution in [-0.4, -0.2) is 41.0 Å². The van der Waals surface area contributed by atoms with E-state index >= 15 is 0 Å². The Kier molecular flexibility index (Phi) is 4.39. The van der Waals surface area contributed by atoms with Gasteiger partial charge < -0.3 is 24.6 Å². The first-order chi connectivity index (χ1) is 13.1. The lowest BCUT2D eigenvalue weighted by Gasteiger charge is -2.27. The summed E-state index contributed by atoms with van der Waals surface area (Å²) in [6.45, 7) is 2.19. The van der Waals surface area contributed by atoms with Crippen LogP contribution in [0, 0.1) is 0 Å². The molecule has 2 N–H and O–H groups in total. The lowest BCUT2D eigenvalue weighted by molar-refractivity contribution is -0.123. The second-order valence-electron chi connectivity index (χ2n) is 6.82. The molecule has 0 radical (unpaired) electrons. The Hall–Kier alpha value is -2.80. The molecular weight excluding hydrogens is 348 g/mol. The normalized spacial score (nSPS) is 20.2. The third-order valence-corrected chi connectivity index (χ3v) is 5.26. The Labute approximate surface area is 157 Å². The zero-order valence-corrected chi connectivity index (χ0v) is 15.1. The van der Waals surface area contributed by atoms with Crippen molar-refractivity contribution in [2.24, 2.45) is 0 Å². The summed E-state index contributed by atoms with van der Waals surface area (Å²) in [5.74, 6) is 0.429. The molecule has 0 saturated heterocycles. The number of aromatic hydroxyl groups is 1. The predicted molar refractivity (Wildman–Crippen MR) is 98.2 cm³/mol. The first kappa shape index (κ1) is 17.6. The summed E-state index contributed by atoms with van der Waals surface area (Å²) in [5, 5.41) is 21.0. The van der Waals surface area contributed by atoms with Crippen LogP contribution in [-0.2, 0) is 10.2 Å². The molecule has 27 heavy (non-hydrogen) atoms. The molecule has 0 bridgehead atoms. The van der Waals surface area contributed by atoms with E-state index in [1.54, 1.807) is 23.2 Å². The highest BCUT2D eigenvalue weighted by Gasteiger charge is 2.54. The highest BCUT2D eigenvalue weighted by Crippen LogP contribution is 2.50. The van der Waals surface area contributed by atoms with E-state index in [1.165, 1.54) is 6.07 Å². The first-order valence-electron chi connectivity index (χ1n) is 9.15. The smallest absolute Gasteiger partial charge is 0.246 e. The molecule has 0 spiro atoms. The standard InChI is InChI=1S/C20H22N2O5/c1-2-3-4-8-22-14-6-5-7-21-18(14)20(11-23,19(22)25)13-9-16-17(10-15(13)24)27-12-26-16/h5-7,9-10,23-24H,2-4,8,11-12H2,1H3. The number of fused-ring (bicyclic) bond motifs is 2. The molecule has 0 saturated carbocycles. The molecule has 1 aromatic heterocycles. The van der Waals surface area contributed by atoms with Crippen LogP contribution < -0.4 is 14.4 Å². The number of phenols is 1. The van der Waals surface area contributed by atoms with Gasteiger partial charge in [0.15, 0.2) is 11.5 Å². The molecule has 2 aliphatic heterocycles. The van der Waals surface area contributed by atoms with Crippen molar-refractivity contribution >= 4 is 11.6 Å². The van der Waals surface area contributed by atoms with Crippen LogP contribution >= 0.6 is 0 Å². The highest BCUT2D eigenvalue weighted by molar-refractivity contribution is 6.10. The Morgan fingerprint density at radius 2 is 2.04 bits per heavy atom. The number of hydrogen-bond acceptors (Lipinski definition) is 6. The highest BCUT2D eigenvalue weighted by atomic mass is 16.7. The summed E-state index contributed by atoms with van der Waals surface area (Å²) in [5.41, 5.74) is -0.0708. The second-order valence-corrected chi connectivity index (χ2v) is 6.82. The van der Waals surface area contributed by atoms with Crippen LogP contribution in [0.4, 0.5) is 5.69 Å². The number of rotatable bonds is 6. The fraction of sp³-hybridized carbons (Fsp3) is 0.400. The van der Waals surface area contributed by atoms with Crippen LogP contribution in [0.5, 0.6) is 17.2 Å². The third-order valence-electron chi connectivity index (χ3n) is 5.26. The van der Waals surface area contributed by atoms with Gasteiger partial charge in [-0.1, -0.05) is 19.8 Å². The van der Waals surface area contributed by atoms with Crippen molar-refractivity contribution in [3.63, 3.8) is 0 Å². The third kappa shape index (κ3) is 2.53. The number of hydrogen-bond donors (Lipinski definition) is 2. The maximum Gasteiger partial charge on any atom is 0.246 e. The molecule has 1 unspecified atom stereocenters. The number of aliphatic hydroxyl groups excluding tert-OH is 1. The predicted octanol–water partition coefficient (Wildman–Crippen LogP) is 2.33. The molecule has 7 heteroatoms. The number of amides is 1. The Balaban J connectivity index is 1.86. The number of nitrogens with zero attached hydrogens (tertiary/aromatic N) is 2. The quantitative estimate of drug-likeness (QED) is 0.759. The Morgan fingerprint density at radius 1 is 1.26 bits per heavy atom. The van der Waals surface area contributed by atoms with Gasteiger partial charge in [0.25, 0.3) is 0 Å². The van der Waals surface area contributed by atoms with Crippen LogP contribution in [0.2, 0.25) is 0 Å². The average molecular weight is 370 g/mol. The number of aromatic nitrogens is 1. The minimum Gasteiger partial charge on any atom is -0.507 e. The molecule has 2 aromatic rings. The van der Waals surface area contributed by atoms with E-state index < -0.39 is 12.0 Å². The van der Waals surface area contributed by atoms with Crippen LogP contribution in [0.15, 0.2) is 30.5 Å². The van der Waals surface area contributed by atoms with Gasteiger partial charge in [-0.05, 0) is 24.6 Å². The number of anilines is 1. The van der Waals surface area contributed by atoms with Crippen LogP contribution in [0.25, 0.3) is 0 Å². The molecule has 0 aliphatic carbocycles. The molecule has 2 aliphatic rings. The second kappa shape index (κ2) is 6.74. The number of ether oxygens (including phenoxy) is 2. The average Bonchev–Trinajstić information content (AvgIpc) is 3.22. The minimum absolute atomic E-state index is 0.0519. The van der Waals surface area contributed by atoms with Gasteiger partial charge in [0.2, 0.25) is 12.7 Å². The zero-order valence-electron chi connectivity index (χ0n) is 15.1. The maximum atomic E-state index is 13.5. The largest absolute Gasteiger partial charge is 0.507 e. The SMILES string of the molecule is CCCCCN1C(=O)C(CO)(c2cc3c(cc2O)OCO3)c2ncccc21. The fourth-order valence-electron chi connectivity index (χ4n) is 3.87. The Bertz CT molecular complexity index is 885. The number of aliphatic hydroxyl groups is 1. The topological polar surface area (TPSA) is 92.1 Å². The van der Waals surface area contributed by atoms with E-state index in [-0.39, 0.29) is 24.0 Å². The Morgan fingerprint density at radius 3 is 2.78 bits per heavy atom. The monoisotopic (exact) mass is 370 g/mol. The van der Waals surface area contributed by atoms with Gasteiger partial charge >= 0.3 is 0 Å². The number of pyridine rings is 1. The van der Waals surface area contributed by atoms with Crippen LogP contribution in [0.1, 0.15) is 37.4 Å². The van der Waals surface area contributed by atoms with Crippen LogP contribution in [0.3, 0.4) is 0 Å². The molecule has 142 valence electrons. The van der Waals surface area contributed by atoms with Gasteiger partial charge in [-0.3, -0.25) is 9.78 Å². The molecule has 1 amide bonds. The van der Waals surface area contributed by atoms with E-state index in [0.29, 0.717) is 29.4 Å². The van der Waals surface area contributed by atoms with Gasteiger partial charge in [-0.25, -0.2) is 0 Å². The van der Waals surface area contributed by atoms with Gasteiger partial charge in [0.1, 0.15) is 11.2 Å². The van der Waals surface area contributed by atoms with Crippen molar-refractivity contribution in [3.05, 3.63) is 41.7 Å². The molecular formula is C20H22N2O5. The number of phenolic OH excluding ortho intramolecular Hbond substituents is 1. The van der Waals surface area contributed by atoms with Gasteiger partial charge in [0, 0.05) is 24.4 Å². The molecule has 4 rings (SSSR count). The summed E-state index contributed by atoms with van der Waals surface area (Å²) in [7, 11) is 0. The van der Waals surface area contributed by atoms with Gasteiger partial charge in [-0.15, -0.1) is 0 Å². The fourth-order valence-corrected chi connectivity index (χ4v) is 3.87. The molecule has 1 aromatic carbocycles. The van der Waals surface area contributed by atoms with Crippen molar-refractivity contribution in [1.82, 2.24) is 4.98 Å². The van der Waals surface area contributed by atoms with Crippen molar-refractivity contribution in [3.8, 4) is 17.2 Å². The summed E-state index contributed by atoms with van der Waals surface area (Å²) < 4.78 is 10.7. The van der Waals surface area contributed by atoms with E-state index in [9.17, 15) is 15.0 Å². The van der Waals surface area contributed by atoms with Crippen molar-refractivity contribution in [2.75, 3.05) is 24.8 Å². The van der Waals surface area contributed by atoms with E-state index in [0.717, 1.165) is 19.3 Å². The van der Waals surface area contributed by atoms with Crippen molar-refractivity contribution in [1.29, 1.82) is 0 Å². The molecule has 1 atom stereocenters. The van der Waals surface area contributed by atoms with Crippen molar-refractivity contribution < 1.29 is 24.5 Å².